The van der Waals surface area contributed by atoms with Gasteiger partial charge in [0.1, 0.15) is 0 Å². The van der Waals surface area contributed by atoms with Gasteiger partial charge in [-0.05, 0) is 47.6 Å². The highest BCUT2D eigenvalue weighted by atomic mass is 16.1. The fourth-order valence-electron chi connectivity index (χ4n) is 3.88. The van der Waals surface area contributed by atoms with Crippen LogP contribution in [-0.4, -0.2) is 30.5 Å². The molecule has 0 atom stereocenters. The maximum absolute atomic E-state index is 13.4. The molecule has 1 amide bonds. The van der Waals surface area contributed by atoms with E-state index < -0.39 is 0 Å². The van der Waals surface area contributed by atoms with Gasteiger partial charge in [0.2, 0.25) is 0 Å². The average molecular weight is 417 g/mol. The number of carbonyl (C=O) groups is 1. The lowest BCUT2D eigenvalue weighted by Gasteiger charge is -2.09. The van der Waals surface area contributed by atoms with Gasteiger partial charge >= 0.3 is 0 Å². The van der Waals surface area contributed by atoms with Gasteiger partial charge in [-0.3, -0.25) is 9.48 Å². The SMILES string of the molecule is CCn1nc(C)c2c(C(=O)Nc3cc(C)n(C(C)C)n3)cc(-c3ccc(C)cc3)nc21. The van der Waals surface area contributed by atoms with E-state index in [2.05, 4.69) is 29.4 Å². The minimum atomic E-state index is -0.215. The third-order valence-electron chi connectivity index (χ3n) is 5.42. The number of anilines is 1. The van der Waals surface area contributed by atoms with Crippen LogP contribution in [0.15, 0.2) is 36.4 Å². The molecule has 7 nitrogen and oxygen atoms in total. The molecule has 0 saturated carbocycles. The van der Waals surface area contributed by atoms with Crippen LogP contribution in [0, 0.1) is 20.8 Å². The van der Waals surface area contributed by atoms with Crippen molar-refractivity contribution in [3.8, 4) is 11.3 Å². The number of pyridine rings is 1. The van der Waals surface area contributed by atoms with Gasteiger partial charge in [-0.1, -0.05) is 29.8 Å². The molecular formula is C24H28N6O. The fourth-order valence-corrected chi connectivity index (χ4v) is 3.88. The highest BCUT2D eigenvalue weighted by molar-refractivity contribution is 6.13. The Labute approximate surface area is 182 Å². The van der Waals surface area contributed by atoms with Crippen LogP contribution >= 0.6 is 0 Å². The van der Waals surface area contributed by atoms with Crippen LogP contribution in [0.3, 0.4) is 0 Å². The lowest BCUT2D eigenvalue weighted by atomic mass is 10.0. The number of rotatable bonds is 5. The predicted octanol–water partition coefficient (Wildman–Crippen LogP) is 5.07. The largest absolute Gasteiger partial charge is 0.305 e. The van der Waals surface area contributed by atoms with Gasteiger partial charge in [0.15, 0.2) is 11.5 Å². The summed E-state index contributed by atoms with van der Waals surface area (Å²) in [5, 5.41) is 12.9. The van der Waals surface area contributed by atoms with Gasteiger partial charge in [-0.15, -0.1) is 0 Å². The number of fused-ring (bicyclic) bond motifs is 1. The van der Waals surface area contributed by atoms with Crippen molar-refractivity contribution in [3.05, 3.63) is 58.9 Å². The van der Waals surface area contributed by atoms with Crippen molar-refractivity contribution in [2.24, 2.45) is 0 Å². The molecule has 0 aliphatic rings. The van der Waals surface area contributed by atoms with Gasteiger partial charge < -0.3 is 5.32 Å². The molecule has 1 N–H and O–H groups in total. The first-order valence-corrected chi connectivity index (χ1v) is 10.6. The van der Waals surface area contributed by atoms with Gasteiger partial charge in [0.05, 0.1) is 22.3 Å². The minimum Gasteiger partial charge on any atom is -0.305 e. The number of aryl methyl sites for hydroxylation is 4. The third kappa shape index (κ3) is 3.83. The third-order valence-corrected chi connectivity index (χ3v) is 5.42. The number of nitrogens with zero attached hydrogens (tertiary/aromatic N) is 5. The maximum atomic E-state index is 13.4. The average Bonchev–Trinajstić information content (AvgIpc) is 3.27. The van der Waals surface area contributed by atoms with Crippen LogP contribution in [0.4, 0.5) is 5.82 Å². The van der Waals surface area contributed by atoms with Crippen LogP contribution in [0.25, 0.3) is 22.3 Å². The summed E-state index contributed by atoms with van der Waals surface area (Å²) in [5.74, 6) is 0.325. The molecule has 0 bridgehead atoms. The molecular weight excluding hydrogens is 388 g/mol. The molecule has 0 fully saturated rings. The molecule has 0 saturated heterocycles. The zero-order valence-electron chi connectivity index (χ0n) is 18.9. The van der Waals surface area contributed by atoms with Crippen LogP contribution in [0.5, 0.6) is 0 Å². The summed E-state index contributed by atoms with van der Waals surface area (Å²) in [4.78, 5) is 18.2. The van der Waals surface area contributed by atoms with Crippen molar-refractivity contribution in [1.29, 1.82) is 0 Å². The Bertz CT molecular complexity index is 1260. The fraction of sp³-hybridized carbons (Fsp3) is 0.333. The number of nitrogens with one attached hydrogen (secondary N) is 1. The first-order chi connectivity index (χ1) is 14.8. The highest BCUT2D eigenvalue weighted by Crippen LogP contribution is 2.28. The van der Waals surface area contributed by atoms with E-state index in [1.165, 1.54) is 5.56 Å². The summed E-state index contributed by atoms with van der Waals surface area (Å²) in [7, 11) is 0. The quantitative estimate of drug-likeness (QED) is 0.492. The molecule has 0 radical (unpaired) electrons. The molecule has 0 aliphatic heterocycles. The second-order valence-electron chi connectivity index (χ2n) is 8.18. The van der Waals surface area contributed by atoms with Gasteiger partial charge in [-0.25, -0.2) is 9.67 Å². The van der Waals surface area contributed by atoms with Crippen LogP contribution < -0.4 is 5.32 Å². The Kier molecular flexibility index (Phi) is 5.35. The van der Waals surface area contributed by atoms with Crippen LogP contribution in [0.1, 0.15) is 54.1 Å². The van der Waals surface area contributed by atoms with E-state index in [0.29, 0.717) is 23.6 Å². The number of aromatic nitrogens is 5. The Hall–Kier alpha value is -3.48. The molecule has 0 spiro atoms. The number of amides is 1. The molecule has 31 heavy (non-hydrogen) atoms. The van der Waals surface area contributed by atoms with Crippen LogP contribution in [0.2, 0.25) is 0 Å². The topological polar surface area (TPSA) is 77.6 Å². The summed E-state index contributed by atoms with van der Waals surface area (Å²) in [5.41, 5.74) is 5.93. The van der Waals surface area contributed by atoms with Crippen molar-refractivity contribution in [3.63, 3.8) is 0 Å². The predicted molar refractivity (Wildman–Crippen MR) is 123 cm³/mol. The van der Waals surface area contributed by atoms with Crippen molar-refractivity contribution in [1.82, 2.24) is 24.5 Å². The standard InChI is InChI=1S/C24H28N6O/c1-7-29-23-22(17(6)27-29)19(13-20(25-23)18-10-8-15(4)9-11-18)24(31)26-21-12-16(5)30(28-21)14(2)3/h8-14H,7H2,1-6H3,(H,26,28,31). The lowest BCUT2D eigenvalue weighted by molar-refractivity contribution is 0.102. The molecule has 7 heteroatoms. The van der Waals surface area contributed by atoms with Gasteiger partial charge in [0.25, 0.3) is 5.91 Å². The molecule has 160 valence electrons. The normalized spacial score (nSPS) is 11.5. The Morgan fingerprint density at radius 3 is 2.39 bits per heavy atom. The first kappa shape index (κ1) is 20.8. The van der Waals surface area contributed by atoms with E-state index in [9.17, 15) is 4.79 Å². The van der Waals surface area contributed by atoms with E-state index in [4.69, 9.17) is 4.98 Å². The highest BCUT2D eigenvalue weighted by Gasteiger charge is 2.21. The van der Waals surface area contributed by atoms with Gasteiger partial charge in [-0.2, -0.15) is 10.2 Å². The van der Waals surface area contributed by atoms with E-state index in [-0.39, 0.29) is 11.9 Å². The number of hydrogen-bond donors (Lipinski definition) is 1. The smallest absolute Gasteiger partial charge is 0.257 e. The van der Waals surface area contributed by atoms with Crippen LogP contribution in [-0.2, 0) is 6.54 Å². The second-order valence-corrected chi connectivity index (χ2v) is 8.18. The molecule has 4 aromatic rings. The van der Waals surface area contributed by atoms with Gasteiger partial charge in [0, 0.05) is 29.9 Å². The Morgan fingerprint density at radius 1 is 1.06 bits per heavy atom. The zero-order chi connectivity index (χ0) is 22.3. The number of hydrogen-bond acceptors (Lipinski definition) is 4. The maximum Gasteiger partial charge on any atom is 0.257 e. The summed E-state index contributed by atoms with van der Waals surface area (Å²) < 4.78 is 3.74. The number of benzene rings is 1. The summed E-state index contributed by atoms with van der Waals surface area (Å²) >= 11 is 0. The summed E-state index contributed by atoms with van der Waals surface area (Å²) in [6.07, 6.45) is 0. The second kappa shape index (κ2) is 7.98. The molecule has 4 rings (SSSR count). The van der Waals surface area contributed by atoms with Crippen molar-refractivity contribution < 1.29 is 4.79 Å². The molecule has 0 unspecified atom stereocenters. The Morgan fingerprint density at radius 2 is 1.77 bits per heavy atom. The molecule has 3 aromatic heterocycles. The van der Waals surface area contributed by atoms with E-state index in [1.54, 1.807) is 0 Å². The monoisotopic (exact) mass is 416 g/mol. The van der Waals surface area contributed by atoms with E-state index in [0.717, 1.165) is 28.0 Å². The van der Waals surface area contributed by atoms with E-state index >= 15 is 0 Å². The molecule has 0 aliphatic carbocycles. The van der Waals surface area contributed by atoms with Crippen molar-refractivity contribution in [2.45, 2.75) is 54.1 Å². The summed E-state index contributed by atoms with van der Waals surface area (Å²) in [6.45, 7) is 12.8. The lowest BCUT2D eigenvalue weighted by Crippen LogP contribution is -2.14. The summed E-state index contributed by atoms with van der Waals surface area (Å²) in [6, 6.07) is 12.1. The van der Waals surface area contributed by atoms with Crippen molar-refractivity contribution >= 4 is 22.8 Å². The van der Waals surface area contributed by atoms with E-state index in [1.807, 2.05) is 73.5 Å². The molecule has 1 aromatic carbocycles. The molecule has 3 heterocycles. The van der Waals surface area contributed by atoms with Crippen molar-refractivity contribution in [2.75, 3.05) is 5.32 Å². The number of carbonyl (C=O) groups excluding carboxylic acids is 1. The Balaban J connectivity index is 1.83. The first-order valence-electron chi connectivity index (χ1n) is 10.6. The zero-order valence-corrected chi connectivity index (χ0v) is 18.9. The minimum absolute atomic E-state index is 0.215.